The highest BCUT2D eigenvalue weighted by molar-refractivity contribution is 6.13. The van der Waals surface area contributed by atoms with Crippen LogP contribution in [0.5, 0.6) is 5.75 Å². The summed E-state index contributed by atoms with van der Waals surface area (Å²) >= 11 is 0. The second-order valence-electron chi connectivity index (χ2n) is 19.1. The number of hydrogen-bond donors (Lipinski definition) is 1. The lowest BCUT2D eigenvalue weighted by Gasteiger charge is -2.26. The number of nitrogens with zero attached hydrogens (tertiary/aromatic N) is 3. The van der Waals surface area contributed by atoms with Gasteiger partial charge in [0.25, 0.3) is 0 Å². The van der Waals surface area contributed by atoms with Crippen LogP contribution in [0, 0.1) is 6.85 Å². The maximum absolute atomic E-state index is 11.3. The predicted octanol–water partition coefficient (Wildman–Crippen LogP) is 16.2. The monoisotopic (exact) mass is 846 g/mol. The van der Waals surface area contributed by atoms with Crippen LogP contribution in [0.2, 0.25) is 0 Å². The van der Waals surface area contributed by atoms with Crippen LogP contribution in [0.4, 0.5) is 0 Å². The van der Waals surface area contributed by atoms with Crippen molar-refractivity contribution >= 4 is 21.8 Å². The van der Waals surface area contributed by atoms with Gasteiger partial charge in [0, 0.05) is 49.0 Å². The van der Waals surface area contributed by atoms with E-state index in [0.29, 0.717) is 17.0 Å². The van der Waals surface area contributed by atoms with Crippen LogP contribution in [0.3, 0.4) is 0 Å². The van der Waals surface area contributed by atoms with Crippen molar-refractivity contribution in [3.8, 4) is 78.6 Å². The number of pyridine rings is 2. The summed E-state index contributed by atoms with van der Waals surface area (Å²) in [5, 5.41) is 13.6. The van der Waals surface area contributed by atoms with Crippen molar-refractivity contribution < 1.29 is 9.22 Å². The van der Waals surface area contributed by atoms with E-state index in [1.165, 1.54) is 16.5 Å². The van der Waals surface area contributed by atoms with Gasteiger partial charge >= 0.3 is 0 Å². The molecular weight excluding hydrogens is 791 g/mol. The molecular formula is C61H53N3O. The molecule has 4 nitrogen and oxygen atoms in total. The van der Waals surface area contributed by atoms with Gasteiger partial charge in [-0.25, -0.2) is 4.98 Å². The molecule has 0 saturated heterocycles. The molecule has 0 unspecified atom stereocenters. The number of hydrogen-bond acceptors (Lipinski definition) is 3. The largest absolute Gasteiger partial charge is 0.507 e. The third kappa shape index (κ3) is 8.02. The average Bonchev–Trinajstić information content (AvgIpc) is 3.68. The first-order valence-corrected chi connectivity index (χ1v) is 22.3. The molecule has 318 valence electrons. The van der Waals surface area contributed by atoms with E-state index in [4.69, 9.17) is 14.1 Å². The van der Waals surface area contributed by atoms with Crippen LogP contribution in [-0.2, 0) is 10.8 Å². The summed E-state index contributed by atoms with van der Waals surface area (Å²) < 4.78 is 27.2. The standard InChI is InChI=1S/C61H53N3O/c1-39-17-15-18-40(29-39)42-30-45(54-35-41(27-28-62-54)50-23-16-24-52-51-21-11-13-25-57(51)64(59(50)52)49-19-9-8-10-20-49)32-46(31-42)55-36-44(37-56(63-55)53-22-12-14-26-58(53)65)43-33-47(60(2,3)4)38-48(34-43)61(5,6)7/h8-38,65H,1-7H3/i1D3. The summed E-state index contributed by atoms with van der Waals surface area (Å²) in [5.41, 5.74) is 15.9. The third-order valence-electron chi connectivity index (χ3n) is 12.5. The Morgan fingerprint density at radius 1 is 0.462 bits per heavy atom. The van der Waals surface area contributed by atoms with E-state index in [-0.39, 0.29) is 22.1 Å². The van der Waals surface area contributed by atoms with Crippen molar-refractivity contribution in [1.29, 1.82) is 0 Å². The first-order valence-electron chi connectivity index (χ1n) is 23.8. The number of phenolic OH excluding ortho intramolecular Hbond substituents is 1. The molecule has 65 heavy (non-hydrogen) atoms. The van der Waals surface area contributed by atoms with Gasteiger partial charge in [0.05, 0.1) is 28.1 Å². The molecule has 4 heteroatoms. The van der Waals surface area contributed by atoms with E-state index in [9.17, 15) is 5.11 Å². The van der Waals surface area contributed by atoms with Crippen LogP contribution in [-0.4, -0.2) is 19.6 Å². The van der Waals surface area contributed by atoms with Crippen LogP contribution in [0.1, 0.15) is 62.3 Å². The number of aromatic nitrogens is 3. The van der Waals surface area contributed by atoms with Gasteiger partial charge in [0.2, 0.25) is 0 Å². The zero-order chi connectivity index (χ0) is 47.5. The number of benzene rings is 7. The van der Waals surface area contributed by atoms with Crippen LogP contribution in [0.15, 0.2) is 188 Å². The van der Waals surface area contributed by atoms with Gasteiger partial charge in [0.1, 0.15) is 5.75 Å². The fourth-order valence-electron chi connectivity index (χ4n) is 8.98. The molecule has 0 aliphatic rings. The molecule has 0 radical (unpaired) electrons. The van der Waals surface area contributed by atoms with E-state index >= 15 is 0 Å². The number of aromatic hydroxyl groups is 1. The molecule has 0 amide bonds. The Hall–Kier alpha value is -7.56. The van der Waals surface area contributed by atoms with Gasteiger partial charge in [0.15, 0.2) is 0 Å². The van der Waals surface area contributed by atoms with E-state index in [1.54, 1.807) is 24.3 Å². The number of phenols is 1. The van der Waals surface area contributed by atoms with Gasteiger partial charge in [-0.3, -0.25) is 4.98 Å². The normalized spacial score (nSPS) is 12.9. The molecule has 0 saturated carbocycles. The minimum atomic E-state index is -2.29. The zero-order valence-corrected chi connectivity index (χ0v) is 37.7. The lowest BCUT2D eigenvalue weighted by atomic mass is 9.79. The summed E-state index contributed by atoms with van der Waals surface area (Å²) in [4.78, 5) is 10.3. The molecule has 10 rings (SSSR count). The molecule has 0 spiro atoms. The van der Waals surface area contributed by atoms with Crippen LogP contribution >= 0.6 is 0 Å². The molecule has 7 aromatic carbocycles. The molecule has 0 atom stereocenters. The van der Waals surface area contributed by atoms with E-state index < -0.39 is 6.85 Å². The van der Waals surface area contributed by atoms with Crippen molar-refractivity contribution in [3.63, 3.8) is 0 Å². The van der Waals surface area contributed by atoms with Gasteiger partial charge in [-0.15, -0.1) is 0 Å². The molecule has 10 aromatic rings. The van der Waals surface area contributed by atoms with Gasteiger partial charge in [-0.2, -0.15) is 0 Å². The molecule has 0 bridgehead atoms. The van der Waals surface area contributed by atoms with Gasteiger partial charge in [-0.1, -0.05) is 156 Å². The van der Waals surface area contributed by atoms with Crippen molar-refractivity contribution in [2.75, 3.05) is 0 Å². The van der Waals surface area contributed by atoms with Crippen LogP contribution < -0.4 is 0 Å². The summed E-state index contributed by atoms with van der Waals surface area (Å²) in [6, 6.07) is 61.6. The SMILES string of the molecule is [2H]C([2H])([2H])c1cccc(-c2cc(-c3cc(-c4cccc5c6ccccc6n(-c6ccccc6)c45)ccn3)cc(-c3cc(-c4cc(C(C)(C)C)cc(C(C)(C)C)c4)cc(-c4ccccc4O)n3)c2)c1. The Balaban J connectivity index is 1.21. The maximum Gasteiger partial charge on any atom is 0.124 e. The number of aryl methyl sites for hydroxylation is 1. The van der Waals surface area contributed by atoms with Crippen LogP contribution in [0.25, 0.3) is 94.6 Å². The minimum absolute atomic E-state index is 0.107. The highest BCUT2D eigenvalue weighted by Crippen LogP contribution is 2.42. The lowest BCUT2D eigenvalue weighted by molar-refractivity contribution is 0.477. The highest BCUT2D eigenvalue weighted by atomic mass is 16.3. The Kier molecular flexibility index (Phi) is 9.46. The second kappa shape index (κ2) is 16.2. The van der Waals surface area contributed by atoms with Crippen molar-refractivity contribution in [3.05, 3.63) is 205 Å². The zero-order valence-electron chi connectivity index (χ0n) is 40.7. The predicted molar refractivity (Wildman–Crippen MR) is 273 cm³/mol. The quantitative estimate of drug-likeness (QED) is 0.174. The van der Waals surface area contributed by atoms with Gasteiger partial charge in [-0.05, 0) is 129 Å². The summed E-state index contributed by atoms with van der Waals surface area (Å²) in [5.74, 6) is 0.139. The lowest BCUT2D eigenvalue weighted by Crippen LogP contribution is -2.16. The molecule has 0 fully saturated rings. The fraction of sp³-hybridized carbons (Fsp3) is 0.148. The molecule has 0 aliphatic heterocycles. The Bertz CT molecular complexity index is 3500. The summed E-state index contributed by atoms with van der Waals surface area (Å²) in [6.07, 6.45) is 1.87. The van der Waals surface area contributed by atoms with E-state index in [2.05, 4.69) is 174 Å². The average molecular weight is 847 g/mol. The number of rotatable bonds is 7. The molecule has 3 heterocycles. The van der Waals surface area contributed by atoms with Crippen molar-refractivity contribution in [2.24, 2.45) is 0 Å². The molecule has 3 aromatic heterocycles. The smallest absolute Gasteiger partial charge is 0.124 e. The molecule has 1 N–H and O–H groups in total. The number of fused-ring (bicyclic) bond motifs is 3. The summed E-state index contributed by atoms with van der Waals surface area (Å²) in [6.45, 7) is 11.2. The first kappa shape index (κ1) is 37.9. The first-order chi connectivity index (χ1) is 32.5. The second-order valence-corrected chi connectivity index (χ2v) is 19.1. The highest BCUT2D eigenvalue weighted by Gasteiger charge is 2.23. The Morgan fingerprint density at radius 3 is 1.82 bits per heavy atom. The van der Waals surface area contributed by atoms with Gasteiger partial charge < -0.3 is 9.67 Å². The van der Waals surface area contributed by atoms with Crippen molar-refractivity contribution in [1.82, 2.24) is 14.5 Å². The Labute approximate surface area is 386 Å². The summed E-state index contributed by atoms with van der Waals surface area (Å²) in [7, 11) is 0. The van der Waals surface area contributed by atoms with E-state index in [1.807, 2.05) is 36.5 Å². The van der Waals surface area contributed by atoms with E-state index in [0.717, 1.165) is 72.3 Å². The maximum atomic E-state index is 11.3. The molecule has 0 aliphatic carbocycles. The fourth-order valence-corrected chi connectivity index (χ4v) is 8.98. The third-order valence-corrected chi connectivity index (χ3v) is 12.5. The Morgan fingerprint density at radius 2 is 1.06 bits per heavy atom. The van der Waals surface area contributed by atoms with Crippen molar-refractivity contribution in [2.45, 2.75) is 59.2 Å². The minimum Gasteiger partial charge on any atom is -0.507 e. The number of para-hydroxylation sites is 4. The topological polar surface area (TPSA) is 50.9 Å².